The molecule has 2 heterocycles. The zero-order valence-electron chi connectivity index (χ0n) is 18.3. The number of benzene rings is 1. The van der Waals surface area contributed by atoms with E-state index < -0.39 is 0 Å². The van der Waals surface area contributed by atoms with Gasteiger partial charge in [0.2, 0.25) is 0 Å². The lowest BCUT2D eigenvalue weighted by molar-refractivity contribution is 0.172. The molecule has 1 aromatic carbocycles. The highest BCUT2D eigenvalue weighted by Gasteiger charge is 2.19. The van der Waals surface area contributed by atoms with Gasteiger partial charge >= 0.3 is 0 Å². The molecule has 2 aromatic rings. The summed E-state index contributed by atoms with van der Waals surface area (Å²) in [7, 11) is 0. The van der Waals surface area contributed by atoms with Crippen LogP contribution in [0.15, 0.2) is 41.7 Å². The number of aliphatic imine (C=N–C) groups is 1. The number of rotatable bonds is 9. The van der Waals surface area contributed by atoms with Gasteiger partial charge in [-0.3, -0.25) is 9.89 Å². The molecule has 0 aliphatic carbocycles. The highest BCUT2D eigenvalue weighted by atomic mass is 127. The molecule has 0 radical (unpaired) electrons. The molecule has 1 aliphatic heterocycles. The molecule has 30 heavy (non-hydrogen) atoms. The van der Waals surface area contributed by atoms with Crippen molar-refractivity contribution in [3.63, 3.8) is 0 Å². The van der Waals surface area contributed by atoms with Crippen LogP contribution in [0.1, 0.15) is 38.1 Å². The largest absolute Gasteiger partial charge is 0.354 e. The predicted octanol–water partition coefficient (Wildman–Crippen LogP) is 3.02. The summed E-state index contributed by atoms with van der Waals surface area (Å²) in [4.78, 5) is 9.81. The number of nitrogens with one attached hydrogen (secondary N) is 1. The van der Waals surface area contributed by atoms with Gasteiger partial charge in [0, 0.05) is 58.8 Å². The summed E-state index contributed by atoms with van der Waals surface area (Å²) in [5, 5.41) is 11.8. The molecule has 0 spiro atoms. The minimum atomic E-state index is 0. The molecule has 0 atom stereocenters. The van der Waals surface area contributed by atoms with Gasteiger partial charge in [-0.25, -0.2) is 0 Å². The molecule has 0 unspecified atom stereocenters. The molecule has 0 amide bonds. The fraction of sp³-hybridized carbons (Fsp3) is 0.591. The Morgan fingerprint density at radius 2 is 1.87 bits per heavy atom. The Hall–Kier alpha value is -1.68. The zero-order chi connectivity index (χ0) is 20.3. The highest BCUT2D eigenvalue weighted by molar-refractivity contribution is 14.0. The van der Waals surface area contributed by atoms with Crippen LogP contribution in [-0.2, 0) is 19.5 Å². The van der Waals surface area contributed by atoms with Crippen LogP contribution in [0.2, 0.25) is 0 Å². The summed E-state index contributed by atoms with van der Waals surface area (Å²) in [6.45, 7) is 12.1. The number of halogens is 1. The number of aromatic nitrogens is 3. The first-order valence-corrected chi connectivity index (χ1v) is 11.0. The minimum Gasteiger partial charge on any atom is -0.354 e. The standard InChI is InChI=1S/C22H35N7.HI/c1-3-5-11-23-22(24-12-13-29-19-25-26-21(29)4-2)28-16-14-27(15-17-28)18-20-9-7-6-8-10-20;/h6-10,19H,3-5,11-18H2,1-2H3,(H,23,24);1H. The van der Waals surface area contributed by atoms with E-state index in [0.29, 0.717) is 0 Å². The molecule has 8 heteroatoms. The smallest absolute Gasteiger partial charge is 0.194 e. The van der Waals surface area contributed by atoms with Crippen LogP contribution < -0.4 is 5.32 Å². The molecule has 1 aromatic heterocycles. The van der Waals surface area contributed by atoms with E-state index >= 15 is 0 Å². The van der Waals surface area contributed by atoms with Crippen LogP contribution in [0.5, 0.6) is 0 Å². The second-order valence-corrected chi connectivity index (χ2v) is 7.53. The average Bonchev–Trinajstić information content (AvgIpc) is 3.22. The Morgan fingerprint density at radius 1 is 1.10 bits per heavy atom. The number of nitrogens with zero attached hydrogens (tertiary/aromatic N) is 6. The number of hydrogen-bond acceptors (Lipinski definition) is 4. The number of hydrogen-bond donors (Lipinski definition) is 1. The maximum atomic E-state index is 4.88. The lowest BCUT2D eigenvalue weighted by Crippen LogP contribution is -2.52. The Morgan fingerprint density at radius 3 is 2.57 bits per heavy atom. The molecule has 1 saturated heterocycles. The first kappa shape index (κ1) is 24.6. The fourth-order valence-corrected chi connectivity index (χ4v) is 3.60. The summed E-state index contributed by atoms with van der Waals surface area (Å²) in [6, 6.07) is 10.7. The van der Waals surface area contributed by atoms with Gasteiger partial charge in [0.1, 0.15) is 12.2 Å². The number of aryl methyl sites for hydroxylation is 1. The number of guanidine groups is 1. The van der Waals surface area contributed by atoms with Crippen LogP contribution in [0, 0.1) is 0 Å². The average molecular weight is 525 g/mol. The second-order valence-electron chi connectivity index (χ2n) is 7.53. The molecule has 7 nitrogen and oxygen atoms in total. The first-order chi connectivity index (χ1) is 14.3. The highest BCUT2D eigenvalue weighted by Crippen LogP contribution is 2.09. The summed E-state index contributed by atoms with van der Waals surface area (Å²) in [5.41, 5.74) is 1.39. The van der Waals surface area contributed by atoms with Crippen LogP contribution >= 0.6 is 24.0 Å². The predicted molar refractivity (Wildman–Crippen MR) is 133 cm³/mol. The monoisotopic (exact) mass is 525 g/mol. The zero-order valence-corrected chi connectivity index (χ0v) is 20.7. The minimum absolute atomic E-state index is 0. The summed E-state index contributed by atoms with van der Waals surface area (Å²) < 4.78 is 2.12. The SMILES string of the molecule is CCCCN=C(NCCn1cnnc1CC)N1CCN(Cc2ccccc2)CC1.I. The summed E-state index contributed by atoms with van der Waals surface area (Å²) in [6.07, 6.45) is 5.02. The van der Waals surface area contributed by atoms with E-state index in [9.17, 15) is 0 Å². The van der Waals surface area contributed by atoms with Gasteiger partial charge < -0.3 is 14.8 Å². The molecule has 166 valence electrons. The quantitative estimate of drug-likeness (QED) is 0.236. The van der Waals surface area contributed by atoms with Gasteiger partial charge in [-0.05, 0) is 12.0 Å². The first-order valence-electron chi connectivity index (χ1n) is 11.0. The molecule has 0 saturated carbocycles. The van der Waals surface area contributed by atoms with Crippen molar-refractivity contribution in [2.75, 3.05) is 39.3 Å². The lowest BCUT2D eigenvalue weighted by atomic mass is 10.2. The molecule has 0 bridgehead atoms. The van der Waals surface area contributed by atoms with E-state index in [1.54, 1.807) is 0 Å². The second kappa shape index (κ2) is 13.6. The number of piperazine rings is 1. The third-order valence-electron chi connectivity index (χ3n) is 5.34. The van der Waals surface area contributed by atoms with Crippen molar-refractivity contribution in [2.24, 2.45) is 4.99 Å². The Labute approximate surface area is 198 Å². The maximum Gasteiger partial charge on any atom is 0.194 e. The maximum absolute atomic E-state index is 4.88. The van der Waals surface area contributed by atoms with Gasteiger partial charge in [0.15, 0.2) is 5.96 Å². The third kappa shape index (κ3) is 7.54. The van der Waals surface area contributed by atoms with E-state index in [2.05, 4.69) is 74.1 Å². The molecule has 1 aliphatic rings. The van der Waals surface area contributed by atoms with Crippen LogP contribution in [0.4, 0.5) is 0 Å². The van der Waals surface area contributed by atoms with Gasteiger partial charge in [-0.1, -0.05) is 50.6 Å². The number of unbranched alkanes of at least 4 members (excludes halogenated alkanes) is 1. The summed E-state index contributed by atoms with van der Waals surface area (Å²) >= 11 is 0. The van der Waals surface area contributed by atoms with Crippen molar-refractivity contribution in [1.29, 1.82) is 0 Å². The Bertz CT molecular complexity index is 739. The Kier molecular flexibility index (Phi) is 11.1. The molecular weight excluding hydrogens is 489 g/mol. The van der Waals surface area contributed by atoms with E-state index in [1.807, 2.05) is 6.33 Å². The summed E-state index contributed by atoms with van der Waals surface area (Å²) in [5.74, 6) is 2.08. The Balaban J connectivity index is 0.00000320. The van der Waals surface area contributed by atoms with E-state index in [0.717, 1.165) is 77.0 Å². The third-order valence-corrected chi connectivity index (χ3v) is 5.34. The molecule has 3 rings (SSSR count). The van der Waals surface area contributed by atoms with Crippen molar-refractivity contribution in [2.45, 2.75) is 46.2 Å². The van der Waals surface area contributed by atoms with Gasteiger partial charge in [-0.15, -0.1) is 34.2 Å². The van der Waals surface area contributed by atoms with Crippen LogP contribution in [0.3, 0.4) is 0 Å². The fourth-order valence-electron chi connectivity index (χ4n) is 3.60. The van der Waals surface area contributed by atoms with Crippen LogP contribution in [-0.4, -0.2) is 69.8 Å². The van der Waals surface area contributed by atoms with E-state index in [1.165, 1.54) is 12.0 Å². The topological polar surface area (TPSA) is 61.6 Å². The normalized spacial score (nSPS) is 15.1. The van der Waals surface area contributed by atoms with Gasteiger partial charge in [0.25, 0.3) is 0 Å². The lowest BCUT2D eigenvalue weighted by Gasteiger charge is -2.36. The van der Waals surface area contributed by atoms with Crippen molar-refractivity contribution in [3.05, 3.63) is 48.0 Å². The van der Waals surface area contributed by atoms with Gasteiger partial charge in [0.05, 0.1) is 0 Å². The van der Waals surface area contributed by atoms with E-state index in [-0.39, 0.29) is 24.0 Å². The molecular formula is C22H36IN7. The van der Waals surface area contributed by atoms with E-state index in [4.69, 9.17) is 4.99 Å². The van der Waals surface area contributed by atoms with Crippen molar-refractivity contribution in [3.8, 4) is 0 Å². The van der Waals surface area contributed by atoms with Crippen molar-refractivity contribution >= 4 is 29.9 Å². The molecule has 1 N–H and O–H groups in total. The van der Waals surface area contributed by atoms with Gasteiger partial charge in [-0.2, -0.15) is 0 Å². The van der Waals surface area contributed by atoms with Crippen LogP contribution in [0.25, 0.3) is 0 Å². The van der Waals surface area contributed by atoms with Crippen molar-refractivity contribution < 1.29 is 0 Å². The molecule has 1 fully saturated rings. The van der Waals surface area contributed by atoms with Crippen molar-refractivity contribution in [1.82, 2.24) is 29.9 Å².